The fraction of sp³-hybridized carbons (Fsp3) is 0.923. The Bertz CT molecular complexity index is 236. The summed E-state index contributed by atoms with van der Waals surface area (Å²) in [7, 11) is 0. The highest BCUT2D eigenvalue weighted by Gasteiger charge is 2.31. The minimum atomic E-state index is -0.143. The summed E-state index contributed by atoms with van der Waals surface area (Å²) < 4.78 is 5.64. The highest BCUT2D eigenvalue weighted by molar-refractivity contribution is 5.83. The van der Waals surface area contributed by atoms with E-state index in [1.807, 2.05) is 0 Å². The Morgan fingerprint density at radius 3 is 2.50 bits per heavy atom. The van der Waals surface area contributed by atoms with Crippen LogP contribution in [-0.2, 0) is 9.53 Å². The second-order valence-corrected chi connectivity index (χ2v) is 5.23. The topological polar surface area (TPSA) is 52.3 Å². The van der Waals surface area contributed by atoms with Gasteiger partial charge in [-0.1, -0.05) is 32.1 Å². The molecule has 2 aliphatic rings. The molecule has 0 spiro atoms. The zero-order valence-corrected chi connectivity index (χ0v) is 9.99. The number of hydrogen-bond acceptors (Lipinski definition) is 3. The second kappa shape index (κ2) is 5.78. The third-order valence-electron chi connectivity index (χ3n) is 3.94. The summed E-state index contributed by atoms with van der Waals surface area (Å²) in [5, 5.41) is 0. The quantitative estimate of drug-likeness (QED) is 0.796. The molecule has 0 aromatic heterocycles. The van der Waals surface area contributed by atoms with Crippen LogP contribution in [0.3, 0.4) is 0 Å². The molecule has 2 N–H and O–H groups in total. The van der Waals surface area contributed by atoms with Gasteiger partial charge in [0.2, 0.25) is 0 Å². The van der Waals surface area contributed by atoms with Crippen molar-refractivity contribution in [3.05, 3.63) is 0 Å². The van der Waals surface area contributed by atoms with E-state index in [4.69, 9.17) is 10.5 Å². The summed E-state index contributed by atoms with van der Waals surface area (Å²) in [6.07, 6.45) is 8.98. The first-order valence-corrected chi connectivity index (χ1v) is 6.68. The van der Waals surface area contributed by atoms with Crippen molar-refractivity contribution in [1.82, 2.24) is 0 Å². The average Bonchev–Trinajstić information content (AvgIpc) is 2.79. The summed E-state index contributed by atoms with van der Waals surface area (Å²) in [6.45, 7) is 0.549. The molecule has 1 saturated carbocycles. The van der Waals surface area contributed by atoms with Crippen LogP contribution in [0.5, 0.6) is 0 Å². The van der Waals surface area contributed by atoms with Crippen LogP contribution in [0.2, 0.25) is 0 Å². The zero-order chi connectivity index (χ0) is 11.4. The van der Waals surface area contributed by atoms with E-state index in [1.54, 1.807) is 0 Å². The number of nitrogens with two attached hydrogens (primary N) is 1. The lowest BCUT2D eigenvalue weighted by Crippen LogP contribution is -2.27. The van der Waals surface area contributed by atoms with Crippen molar-refractivity contribution < 1.29 is 9.53 Å². The van der Waals surface area contributed by atoms with E-state index >= 15 is 0 Å². The van der Waals surface area contributed by atoms with Gasteiger partial charge < -0.3 is 10.5 Å². The zero-order valence-electron chi connectivity index (χ0n) is 9.99. The van der Waals surface area contributed by atoms with Crippen LogP contribution in [0.25, 0.3) is 0 Å². The van der Waals surface area contributed by atoms with Gasteiger partial charge in [0.05, 0.1) is 6.10 Å². The highest BCUT2D eigenvalue weighted by Crippen LogP contribution is 2.29. The summed E-state index contributed by atoms with van der Waals surface area (Å²) >= 11 is 0. The van der Waals surface area contributed by atoms with Crippen molar-refractivity contribution in [3.63, 3.8) is 0 Å². The third-order valence-corrected chi connectivity index (χ3v) is 3.94. The lowest BCUT2D eigenvalue weighted by molar-refractivity contribution is -0.130. The SMILES string of the molecule is NCC1CCC(C(=O)CC2CCCCC2)O1. The van der Waals surface area contributed by atoms with E-state index in [0.717, 1.165) is 19.3 Å². The molecule has 1 saturated heterocycles. The lowest BCUT2D eigenvalue weighted by Gasteiger charge is -2.22. The maximum Gasteiger partial charge on any atom is 0.161 e. The Morgan fingerprint density at radius 1 is 1.12 bits per heavy atom. The largest absolute Gasteiger partial charge is 0.366 e. The number of carbonyl (C=O) groups is 1. The van der Waals surface area contributed by atoms with Crippen LogP contribution in [0.1, 0.15) is 51.4 Å². The molecule has 3 nitrogen and oxygen atoms in total. The van der Waals surface area contributed by atoms with Gasteiger partial charge >= 0.3 is 0 Å². The van der Waals surface area contributed by atoms with Gasteiger partial charge in [-0.05, 0) is 18.8 Å². The molecule has 1 aliphatic heterocycles. The van der Waals surface area contributed by atoms with Gasteiger partial charge in [-0.25, -0.2) is 0 Å². The van der Waals surface area contributed by atoms with E-state index in [0.29, 0.717) is 18.2 Å². The highest BCUT2D eigenvalue weighted by atomic mass is 16.5. The molecular formula is C13H23NO2. The minimum absolute atomic E-state index is 0.125. The van der Waals surface area contributed by atoms with Crippen molar-refractivity contribution in [3.8, 4) is 0 Å². The predicted octanol–water partition coefficient (Wildman–Crippen LogP) is 2.03. The van der Waals surface area contributed by atoms with Crippen LogP contribution in [0.15, 0.2) is 0 Å². The average molecular weight is 225 g/mol. The number of ketones is 1. The molecule has 2 fully saturated rings. The van der Waals surface area contributed by atoms with E-state index in [1.165, 1.54) is 32.1 Å². The number of ether oxygens (including phenoxy) is 1. The molecule has 0 radical (unpaired) electrons. The van der Waals surface area contributed by atoms with E-state index in [2.05, 4.69) is 0 Å². The molecule has 1 aliphatic carbocycles. The van der Waals surface area contributed by atoms with Crippen molar-refractivity contribution in [2.45, 2.75) is 63.6 Å². The minimum Gasteiger partial charge on any atom is -0.366 e. The fourth-order valence-corrected chi connectivity index (χ4v) is 2.92. The molecule has 0 amide bonds. The number of rotatable bonds is 4. The normalized spacial score (nSPS) is 31.8. The lowest BCUT2D eigenvalue weighted by atomic mass is 9.85. The molecule has 0 aromatic carbocycles. The standard InChI is InChI=1S/C13H23NO2/c14-9-11-6-7-13(16-11)12(15)8-10-4-2-1-3-5-10/h10-11,13H,1-9,14H2. The van der Waals surface area contributed by atoms with Gasteiger partial charge in [0.1, 0.15) is 6.10 Å². The van der Waals surface area contributed by atoms with Crippen LogP contribution in [0.4, 0.5) is 0 Å². The maximum absolute atomic E-state index is 12.0. The molecule has 0 bridgehead atoms. The first-order chi connectivity index (χ1) is 7.79. The van der Waals surface area contributed by atoms with Crippen LogP contribution < -0.4 is 5.73 Å². The first kappa shape index (κ1) is 12.1. The third kappa shape index (κ3) is 3.05. The van der Waals surface area contributed by atoms with Crippen LogP contribution in [0, 0.1) is 5.92 Å². The Hall–Kier alpha value is -0.410. The molecule has 2 atom stereocenters. The molecule has 2 unspecified atom stereocenters. The Balaban J connectivity index is 1.75. The monoisotopic (exact) mass is 225 g/mol. The number of carbonyl (C=O) groups excluding carboxylic acids is 1. The van der Waals surface area contributed by atoms with Gasteiger partial charge in [0.25, 0.3) is 0 Å². The van der Waals surface area contributed by atoms with Crippen LogP contribution in [-0.4, -0.2) is 24.5 Å². The van der Waals surface area contributed by atoms with Gasteiger partial charge in [0, 0.05) is 13.0 Å². The Morgan fingerprint density at radius 2 is 1.88 bits per heavy atom. The van der Waals surface area contributed by atoms with Gasteiger partial charge in [-0.3, -0.25) is 4.79 Å². The van der Waals surface area contributed by atoms with Gasteiger partial charge in [-0.2, -0.15) is 0 Å². The summed E-state index contributed by atoms with van der Waals surface area (Å²) in [5.41, 5.74) is 5.54. The summed E-state index contributed by atoms with van der Waals surface area (Å²) in [4.78, 5) is 12.0. The summed E-state index contributed by atoms with van der Waals surface area (Å²) in [6, 6.07) is 0. The van der Waals surface area contributed by atoms with E-state index in [9.17, 15) is 4.79 Å². The van der Waals surface area contributed by atoms with Crippen molar-refractivity contribution in [2.75, 3.05) is 6.54 Å². The second-order valence-electron chi connectivity index (χ2n) is 5.23. The van der Waals surface area contributed by atoms with Gasteiger partial charge in [-0.15, -0.1) is 0 Å². The summed E-state index contributed by atoms with van der Waals surface area (Å²) in [5.74, 6) is 0.949. The maximum atomic E-state index is 12.0. The number of hydrogen-bond donors (Lipinski definition) is 1. The first-order valence-electron chi connectivity index (χ1n) is 6.68. The number of Topliss-reactive ketones (excluding diaryl/α,β-unsaturated/α-hetero) is 1. The van der Waals surface area contributed by atoms with Crippen molar-refractivity contribution in [1.29, 1.82) is 0 Å². The molecule has 0 aromatic rings. The molecule has 2 rings (SSSR count). The van der Waals surface area contributed by atoms with Gasteiger partial charge in [0.15, 0.2) is 5.78 Å². The smallest absolute Gasteiger partial charge is 0.161 e. The van der Waals surface area contributed by atoms with Crippen molar-refractivity contribution in [2.24, 2.45) is 11.7 Å². The molecule has 3 heteroatoms. The van der Waals surface area contributed by atoms with Crippen LogP contribution >= 0.6 is 0 Å². The predicted molar refractivity (Wildman–Crippen MR) is 63.1 cm³/mol. The Kier molecular flexibility index (Phi) is 4.36. The fourth-order valence-electron chi connectivity index (χ4n) is 2.92. The van der Waals surface area contributed by atoms with E-state index in [-0.39, 0.29) is 12.2 Å². The van der Waals surface area contributed by atoms with E-state index < -0.39 is 0 Å². The van der Waals surface area contributed by atoms with Crippen molar-refractivity contribution >= 4 is 5.78 Å². The molecule has 92 valence electrons. The molecule has 16 heavy (non-hydrogen) atoms. The molecular weight excluding hydrogens is 202 g/mol. The Labute approximate surface area is 97.7 Å². The molecule has 1 heterocycles.